The quantitative estimate of drug-likeness (QED) is 0.784. The van der Waals surface area contributed by atoms with Crippen LogP contribution in [0.2, 0.25) is 0 Å². The zero-order chi connectivity index (χ0) is 12.4. The van der Waals surface area contributed by atoms with E-state index in [0.29, 0.717) is 14.9 Å². The molecule has 1 aliphatic rings. The second kappa shape index (κ2) is 4.62. The molecule has 1 aliphatic heterocycles. The molecule has 0 spiro atoms. The van der Waals surface area contributed by atoms with Crippen molar-refractivity contribution in [3.8, 4) is 23.6 Å². The summed E-state index contributed by atoms with van der Waals surface area (Å²) in [5.41, 5.74) is 0.0534. The van der Waals surface area contributed by atoms with Crippen molar-refractivity contribution in [1.29, 1.82) is 10.5 Å². The van der Waals surface area contributed by atoms with Crippen LogP contribution in [0, 0.1) is 22.7 Å². The van der Waals surface area contributed by atoms with Crippen molar-refractivity contribution in [2.45, 2.75) is 9.79 Å². The molecule has 6 heteroatoms. The number of nitriles is 2. The van der Waals surface area contributed by atoms with Crippen molar-refractivity contribution in [2.24, 2.45) is 0 Å². The number of hydrogen-bond acceptors (Lipinski definition) is 6. The minimum absolute atomic E-state index is 0.0534. The Morgan fingerprint density at radius 3 is 2.47 bits per heavy atom. The predicted octanol–water partition coefficient (Wildman–Crippen LogP) is 2.86. The minimum Gasteiger partial charge on any atom is -0.507 e. The maximum Gasteiger partial charge on any atom is 0.150 e. The molecule has 0 aromatic heterocycles. The summed E-state index contributed by atoms with van der Waals surface area (Å²) in [5, 5.41) is 27.3. The van der Waals surface area contributed by atoms with Gasteiger partial charge in [-0.05, 0) is 12.1 Å². The number of fused-ring (bicyclic) bond motifs is 1. The molecule has 0 atom stereocenters. The molecule has 0 amide bonds. The van der Waals surface area contributed by atoms with Gasteiger partial charge in [0.2, 0.25) is 0 Å². The number of ether oxygens (including phenoxy) is 1. The molecule has 0 bridgehead atoms. The predicted molar refractivity (Wildman–Crippen MR) is 64.6 cm³/mol. The molecule has 2 rings (SSSR count). The lowest BCUT2D eigenvalue weighted by atomic mass is 10.3. The monoisotopic (exact) mass is 262 g/mol. The Balaban J connectivity index is 2.55. The molecule has 0 saturated heterocycles. The third-order valence-corrected chi connectivity index (χ3v) is 4.73. The third-order valence-electron chi connectivity index (χ3n) is 2.09. The number of nitrogens with zero attached hydrogens (tertiary/aromatic N) is 2. The molecule has 1 aromatic rings. The smallest absolute Gasteiger partial charge is 0.150 e. The summed E-state index contributed by atoms with van der Waals surface area (Å²) in [6, 6.07) is 6.87. The summed E-state index contributed by atoms with van der Waals surface area (Å²) >= 11 is 2.49. The van der Waals surface area contributed by atoms with Gasteiger partial charge in [-0.3, -0.25) is 0 Å². The maximum absolute atomic E-state index is 9.72. The first-order valence-corrected chi connectivity index (χ1v) is 6.14. The van der Waals surface area contributed by atoms with Gasteiger partial charge >= 0.3 is 0 Å². The van der Waals surface area contributed by atoms with Gasteiger partial charge in [-0.1, -0.05) is 23.5 Å². The zero-order valence-electron chi connectivity index (χ0n) is 8.72. The fourth-order valence-corrected chi connectivity index (χ4v) is 3.80. The van der Waals surface area contributed by atoms with Crippen molar-refractivity contribution in [3.05, 3.63) is 21.9 Å². The number of methoxy groups -OCH3 is 1. The second-order valence-electron chi connectivity index (χ2n) is 3.04. The fourth-order valence-electron chi connectivity index (χ4n) is 1.31. The zero-order valence-corrected chi connectivity index (χ0v) is 10.4. The molecule has 84 valence electrons. The third kappa shape index (κ3) is 1.93. The Hall–Kier alpha value is -1.76. The van der Waals surface area contributed by atoms with Gasteiger partial charge in [0.15, 0.2) is 0 Å². The molecule has 1 heterocycles. The van der Waals surface area contributed by atoms with Gasteiger partial charge in [0.05, 0.1) is 21.1 Å². The number of phenolic OH excluding ortho intramolecular Hbond substituents is 1. The highest BCUT2D eigenvalue weighted by Gasteiger charge is 2.27. The largest absolute Gasteiger partial charge is 0.507 e. The van der Waals surface area contributed by atoms with Gasteiger partial charge in [0.1, 0.15) is 29.2 Å². The topological polar surface area (TPSA) is 77.0 Å². The van der Waals surface area contributed by atoms with E-state index in [1.165, 1.54) is 36.7 Å². The van der Waals surface area contributed by atoms with Crippen LogP contribution in [0.4, 0.5) is 0 Å². The van der Waals surface area contributed by atoms with Crippen molar-refractivity contribution < 1.29 is 9.84 Å². The summed E-state index contributed by atoms with van der Waals surface area (Å²) in [6.45, 7) is 0. The van der Waals surface area contributed by atoms with Gasteiger partial charge in [-0.2, -0.15) is 10.5 Å². The van der Waals surface area contributed by atoms with Gasteiger partial charge in [0, 0.05) is 0 Å². The van der Waals surface area contributed by atoms with Crippen molar-refractivity contribution in [1.82, 2.24) is 0 Å². The van der Waals surface area contributed by atoms with Crippen LogP contribution in [-0.4, -0.2) is 12.2 Å². The van der Waals surface area contributed by atoms with Crippen LogP contribution < -0.4 is 4.74 Å². The van der Waals surface area contributed by atoms with E-state index in [1.807, 2.05) is 12.1 Å². The number of allylic oxidation sites excluding steroid dienone is 1. The summed E-state index contributed by atoms with van der Waals surface area (Å²) in [4.78, 5) is 1.38. The summed E-state index contributed by atoms with van der Waals surface area (Å²) in [7, 11) is 1.54. The molecule has 0 aliphatic carbocycles. The minimum atomic E-state index is 0.0534. The SMILES string of the molecule is COc1ccc(O)c2c1SC(=C(C#N)C#N)S2. The molecular weight excluding hydrogens is 256 g/mol. The van der Waals surface area contributed by atoms with E-state index >= 15 is 0 Å². The molecule has 0 fully saturated rings. The van der Waals surface area contributed by atoms with Crippen molar-refractivity contribution in [2.75, 3.05) is 7.11 Å². The number of aromatic hydroxyl groups is 1. The van der Waals surface area contributed by atoms with E-state index < -0.39 is 0 Å². The van der Waals surface area contributed by atoms with E-state index in [9.17, 15) is 5.11 Å². The number of phenols is 1. The molecule has 17 heavy (non-hydrogen) atoms. The second-order valence-corrected chi connectivity index (χ2v) is 5.34. The molecule has 0 radical (unpaired) electrons. The highest BCUT2D eigenvalue weighted by molar-refractivity contribution is 8.24. The lowest BCUT2D eigenvalue weighted by Crippen LogP contribution is -1.85. The number of rotatable bonds is 1. The van der Waals surface area contributed by atoms with Crippen LogP contribution in [0.15, 0.2) is 31.7 Å². The summed E-state index contributed by atoms with van der Waals surface area (Å²) in [6.07, 6.45) is 0. The van der Waals surface area contributed by atoms with Crippen LogP contribution in [-0.2, 0) is 0 Å². The van der Waals surface area contributed by atoms with E-state index in [-0.39, 0.29) is 11.3 Å². The molecule has 4 nitrogen and oxygen atoms in total. The van der Waals surface area contributed by atoms with E-state index in [0.717, 1.165) is 4.90 Å². The Morgan fingerprint density at radius 1 is 1.24 bits per heavy atom. The highest BCUT2D eigenvalue weighted by atomic mass is 32.2. The van der Waals surface area contributed by atoms with E-state index in [2.05, 4.69) is 0 Å². The molecule has 1 N–H and O–H groups in total. The molecular formula is C11H6N2O2S2. The summed E-state index contributed by atoms with van der Waals surface area (Å²) in [5.74, 6) is 0.754. The first-order chi connectivity index (χ1) is 8.21. The molecule has 1 aromatic carbocycles. The van der Waals surface area contributed by atoms with Crippen LogP contribution in [0.25, 0.3) is 0 Å². The van der Waals surface area contributed by atoms with Crippen molar-refractivity contribution >= 4 is 23.5 Å². The van der Waals surface area contributed by atoms with Crippen LogP contribution >= 0.6 is 23.5 Å². The van der Waals surface area contributed by atoms with Gasteiger partial charge < -0.3 is 9.84 Å². The average Bonchev–Trinajstić information content (AvgIpc) is 2.77. The standard InChI is InChI=1S/C11H6N2O2S2/c1-15-8-3-2-7(14)9-10(8)17-11(16-9)6(4-12)5-13/h2-3,14H,1H3. The van der Waals surface area contributed by atoms with Crippen molar-refractivity contribution in [3.63, 3.8) is 0 Å². The first-order valence-electron chi connectivity index (χ1n) is 4.51. The van der Waals surface area contributed by atoms with Crippen LogP contribution in [0.1, 0.15) is 0 Å². The molecule has 0 unspecified atom stereocenters. The highest BCUT2D eigenvalue weighted by Crippen LogP contribution is 2.58. The van der Waals surface area contributed by atoms with Crippen LogP contribution in [0.5, 0.6) is 11.5 Å². The van der Waals surface area contributed by atoms with E-state index in [1.54, 1.807) is 6.07 Å². The van der Waals surface area contributed by atoms with Crippen LogP contribution in [0.3, 0.4) is 0 Å². The van der Waals surface area contributed by atoms with E-state index in [4.69, 9.17) is 15.3 Å². The number of hydrogen-bond donors (Lipinski definition) is 1. The lowest BCUT2D eigenvalue weighted by molar-refractivity contribution is 0.396. The Morgan fingerprint density at radius 2 is 1.88 bits per heavy atom. The molecule has 0 saturated carbocycles. The normalized spacial score (nSPS) is 12.5. The van der Waals surface area contributed by atoms with Gasteiger partial charge in [-0.15, -0.1) is 0 Å². The maximum atomic E-state index is 9.72. The number of benzene rings is 1. The summed E-state index contributed by atoms with van der Waals surface area (Å²) < 4.78 is 5.75. The Kier molecular flexibility index (Phi) is 3.19. The lowest BCUT2D eigenvalue weighted by Gasteiger charge is -2.05. The Bertz CT molecular complexity index is 581. The average molecular weight is 262 g/mol. The first kappa shape index (κ1) is 11.7. The Labute approximate surface area is 106 Å². The fraction of sp³-hybridized carbons (Fsp3) is 0.0909. The van der Waals surface area contributed by atoms with Gasteiger partial charge in [0.25, 0.3) is 0 Å². The van der Waals surface area contributed by atoms with Gasteiger partial charge in [-0.25, -0.2) is 0 Å². The number of thioether (sulfide) groups is 2.